The van der Waals surface area contributed by atoms with Gasteiger partial charge in [0.1, 0.15) is 17.4 Å². The molecule has 0 saturated carbocycles. The fourth-order valence-electron chi connectivity index (χ4n) is 1.77. The molecule has 2 N–H and O–H groups in total. The smallest absolute Gasteiger partial charge is 0.131 e. The molecule has 4 heteroatoms. The van der Waals surface area contributed by atoms with E-state index in [1.165, 1.54) is 0 Å². The first-order chi connectivity index (χ1) is 8.65. The van der Waals surface area contributed by atoms with Gasteiger partial charge in [0.25, 0.3) is 0 Å². The number of ether oxygens (including phenoxy) is 1. The summed E-state index contributed by atoms with van der Waals surface area (Å²) in [6.45, 7) is 3.95. The average Bonchev–Trinajstić information content (AvgIpc) is 2.42. The number of benzene rings is 1. The second-order valence-electron chi connectivity index (χ2n) is 4.08. The fraction of sp³-hybridized carbons (Fsp3) is 0.286. The highest BCUT2D eigenvalue weighted by atomic mass is 16.5. The number of rotatable bonds is 3. The van der Waals surface area contributed by atoms with Crippen LogP contribution in [0.25, 0.3) is 11.3 Å². The first kappa shape index (κ1) is 12.4. The number of hydrogen-bond acceptors (Lipinski definition) is 4. The van der Waals surface area contributed by atoms with E-state index in [0.29, 0.717) is 5.82 Å². The minimum Gasteiger partial charge on any atom is -0.497 e. The van der Waals surface area contributed by atoms with Gasteiger partial charge in [-0.15, -0.1) is 0 Å². The van der Waals surface area contributed by atoms with Crippen LogP contribution in [0.15, 0.2) is 24.3 Å². The molecule has 2 aromatic rings. The van der Waals surface area contributed by atoms with Crippen LogP contribution in [0, 0.1) is 6.92 Å². The van der Waals surface area contributed by atoms with Crippen molar-refractivity contribution in [1.82, 2.24) is 9.97 Å². The van der Waals surface area contributed by atoms with Crippen LogP contribution in [0.2, 0.25) is 0 Å². The fourth-order valence-corrected chi connectivity index (χ4v) is 1.77. The summed E-state index contributed by atoms with van der Waals surface area (Å²) >= 11 is 0. The molecule has 0 unspecified atom stereocenters. The Balaban J connectivity index is 2.51. The molecule has 0 spiro atoms. The van der Waals surface area contributed by atoms with Crippen LogP contribution in [0.3, 0.4) is 0 Å². The Morgan fingerprint density at radius 2 is 1.83 bits per heavy atom. The van der Waals surface area contributed by atoms with Crippen molar-refractivity contribution in [2.24, 2.45) is 0 Å². The normalized spacial score (nSPS) is 10.4. The second-order valence-corrected chi connectivity index (χ2v) is 4.08. The maximum Gasteiger partial charge on any atom is 0.131 e. The van der Waals surface area contributed by atoms with E-state index in [2.05, 4.69) is 9.97 Å². The number of aromatic nitrogens is 2. The predicted octanol–water partition coefficient (Wildman–Crippen LogP) is 2.61. The predicted molar refractivity (Wildman–Crippen MR) is 72.5 cm³/mol. The van der Waals surface area contributed by atoms with Gasteiger partial charge >= 0.3 is 0 Å². The Hall–Kier alpha value is -2.10. The number of anilines is 1. The molecule has 0 aliphatic rings. The molecule has 0 radical (unpaired) electrons. The Kier molecular flexibility index (Phi) is 3.46. The molecule has 0 atom stereocenters. The number of nitrogens with two attached hydrogens (primary N) is 1. The van der Waals surface area contributed by atoms with Gasteiger partial charge in [-0.2, -0.15) is 0 Å². The van der Waals surface area contributed by atoms with Crippen LogP contribution >= 0.6 is 0 Å². The van der Waals surface area contributed by atoms with Crippen molar-refractivity contribution >= 4 is 5.82 Å². The van der Waals surface area contributed by atoms with Crippen LogP contribution in [-0.4, -0.2) is 17.1 Å². The van der Waals surface area contributed by atoms with Gasteiger partial charge in [-0.3, -0.25) is 0 Å². The van der Waals surface area contributed by atoms with Gasteiger partial charge in [-0.25, -0.2) is 9.97 Å². The van der Waals surface area contributed by atoms with E-state index in [0.717, 1.165) is 34.8 Å². The summed E-state index contributed by atoms with van der Waals surface area (Å²) in [5.74, 6) is 2.14. The van der Waals surface area contributed by atoms with Gasteiger partial charge in [0, 0.05) is 17.5 Å². The van der Waals surface area contributed by atoms with E-state index in [9.17, 15) is 0 Å². The second kappa shape index (κ2) is 5.04. The molecule has 1 heterocycles. The molecule has 0 amide bonds. The highest BCUT2D eigenvalue weighted by Gasteiger charge is 2.09. The lowest BCUT2D eigenvalue weighted by atomic mass is 10.1. The summed E-state index contributed by atoms with van der Waals surface area (Å²) in [5, 5.41) is 0. The summed E-state index contributed by atoms with van der Waals surface area (Å²) in [6.07, 6.45) is 0.771. The lowest BCUT2D eigenvalue weighted by Gasteiger charge is -2.10. The van der Waals surface area contributed by atoms with E-state index in [1.807, 2.05) is 38.1 Å². The topological polar surface area (TPSA) is 61.0 Å². The third-order valence-corrected chi connectivity index (χ3v) is 2.91. The Labute approximate surface area is 107 Å². The molecule has 94 valence electrons. The number of methoxy groups -OCH3 is 1. The lowest BCUT2D eigenvalue weighted by Crippen LogP contribution is -2.04. The van der Waals surface area contributed by atoms with Gasteiger partial charge in [-0.05, 0) is 31.2 Å². The lowest BCUT2D eigenvalue weighted by molar-refractivity contribution is 0.415. The van der Waals surface area contributed by atoms with Gasteiger partial charge in [0.2, 0.25) is 0 Å². The zero-order valence-corrected chi connectivity index (χ0v) is 10.9. The minimum atomic E-state index is 0.549. The zero-order chi connectivity index (χ0) is 13.1. The van der Waals surface area contributed by atoms with E-state index >= 15 is 0 Å². The van der Waals surface area contributed by atoms with Crippen molar-refractivity contribution in [2.45, 2.75) is 20.3 Å². The third-order valence-electron chi connectivity index (χ3n) is 2.91. The van der Waals surface area contributed by atoms with Crippen molar-refractivity contribution in [3.05, 3.63) is 35.7 Å². The minimum absolute atomic E-state index is 0.549. The van der Waals surface area contributed by atoms with E-state index < -0.39 is 0 Å². The van der Waals surface area contributed by atoms with Gasteiger partial charge in [0.05, 0.1) is 12.8 Å². The summed E-state index contributed by atoms with van der Waals surface area (Å²) in [6, 6.07) is 7.79. The maximum atomic E-state index is 5.91. The summed E-state index contributed by atoms with van der Waals surface area (Å²) in [4.78, 5) is 8.80. The molecule has 0 fully saturated rings. The van der Waals surface area contributed by atoms with Gasteiger partial charge in [-0.1, -0.05) is 6.92 Å². The van der Waals surface area contributed by atoms with Crippen LogP contribution < -0.4 is 10.5 Å². The molecular formula is C14H17N3O. The number of hydrogen-bond donors (Lipinski definition) is 1. The molecular weight excluding hydrogens is 226 g/mol. The summed E-state index contributed by atoms with van der Waals surface area (Å²) in [5.41, 5.74) is 8.74. The van der Waals surface area contributed by atoms with Crippen molar-refractivity contribution in [2.75, 3.05) is 12.8 Å². The number of nitrogen functional groups attached to an aromatic ring is 1. The Bertz CT molecular complexity index is 550. The van der Waals surface area contributed by atoms with Crippen molar-refractivity contribution in [1.29, 1.82) is 0 Å². The SMILES string of the molecule is CCc1nc(N)c(C)c(-c2ccc(OC)cc2)n1. The first-order valence-corrected chi connectivity index (χ1v) is 5.93. The molecule has 4 nitrogen and oxygen atoms in total. The first-order valence-electron chi connectivity index (χ1n) is 5.93. The average molecular weight is 243 g/mol. The highest BCUT2D eigenvalue weighted by Crippen LogP contribution is 2.26. The third kappa shape index (κ3) is 2.27. The summed E-state index contributed by atoms with van der Waals surface area (Å²) < 4.78 is 5.15. The monoisotopic (exact) mass is 243 g/mol. The molecule has 18 heavy (non-hydrogen) atoms. The van der Waals surface area contributed by atoms with Gasteiger partial charge < -0.3 is 10.5 Å². The quantitative estimate of drug-likeness (QED) is 0.900. The molecule has 0 aliphatic heterocycles. The number of nitrogens with zero attached hydrogens (tertiary/aromatic N) is 2. The van der Waals surface area contributed by atoms with Gasteiger partial charge in [0.15, 0.2) is 0 Å². The van der Waals surface area contributed by atoms with E-state index in [-0.39, 0.29) is 0 Å². The molecule has 0 bridgehead atoms. The maximum absolute atomic E-state index is 5.91. The molecule has 0 aliphatic carbocycles. The van der Waals surface area contributed by atoms with Crippen molar-refractivity contribution in [3.63, 3.8) is 0 Å². The van der Waals surface area contributed by atoms with E-state index in [1.54, 1.807) is 7.11 Å². The number of aryl methyl sites for hydroxylation is 1. The molecule has 2 rings (SSSR count). The molecule has 1 aromatic carbocycles. The van der Waals surface area contributed by atoms with Crippen LogP contribution in [-0.2, 0) is 6.42 Å². The molecule has 1 aromatic heterocycles. The van der Waals surface area contributed by atoms with E-state index in [4.69, 9.17) is 10.5 Å². The largest absolute Gasteiger partial charge is 0.497 e. The standard InChI is InChI=1S/C14H17N3O/c1-4-12-16-13(9(2)14(15)17-12)10-5-7-11(18-3)8-6-10/h5-8H,4H2,1-3H3,(H2,15,16,17). The Morgan fingerprint density at radius 1 is 1.17 bits per heavy atom. The van der Waals surface area contributed by atoms with Crippen LogP contribution in [0.5, 0.6) is 5.75 Å². The Morgan fingerprint density at radius 3 is 2.39 bits per heavy atom. The van der Waals surface area contributed by atoms with Crippen molar-refractivity contribution in [3.8, 4) is 17.0 Å². The van der Waals surface area contributed by atoms with Crippen LogP contribution in [0.1, 0.15) is 18.3 Å². The summed E-state index contributed by atoms with van der Waals surface area (Å²) in [7, 11) is 1.65. The zero-order valence-electron chi connectivity index (χ0n) is 10.9. The molecule has 0 saturated heterocycles. The van der Waals surface area contributed by atoms with Crippen LogP contribution in [0.4, 0.5) is 5.82 Å². The van der Waals surface area contributed by atoms with Crippen molar-refractivity contribution < 1.29 is 4.74 Å². The highest BCUT2D eigenvalue weighted by molar-refractivity contribution is 5.67.